The van der Waals surface area contributed by atoms with Crippen molar-refractivity contribution in [1.82, 2.24) is 0 Å². The van der Waals surface area contributed by atoms with Crippen molar-refractivity contribution in [2.45, 2.75) is 135 Å². The molecule has 0 N–H and O–H groups in total. The predicted octanol–water partition coefficient (Wildman–Crippen LogP) is 25.3. The molecule has 0 aliphatic rings. The summed E-state index contributed by atoms with van der Waals surface area (Å²) in [7, 11) is 17.8. The number of Topliss-reactive ketones (excluding diaryl/α,β-unsaturated/α-hetero) is 4. The molecule has 0 saturated carbocycles. The Kier molecular flexibility index (Phi) is 24.9. The summed E-state index contributed by atoms with van der Waals surface area (Å²) < 4.78 is 3.18. The number of rotatable bonds is 24. The molecule has 0 radical (unpaired) electrons. The summed E-state index contributed by atoms with van der Waals surface area (Å²) in [6, 6.07) is 79.7. The molecule has 114 heavy (non-hydrogen) atoms. The largest absolute Gasteiger partial charge is 0.324 e. The predicted molar refractivity (Wildman–Crippen MR) is 489 cm³/mol. The van der Waals surface area contributed by atoms with E-state index in [0.29, 0.717) is 25.7 Å². The Morgan fingerprint density at radius 1 is 0.228 bits per heavy atom. The van der Waals surface area contributed by atoms with E-state index < -0.39 is 0 Å². The average Bonchev–Trinajstić information content (AvgIpc) is 0.754. The maximum absolute atomic E-state index is 12.5. The van der Waals surface area contributed by atoms with Crippen LogP contribution in [0, 0.1) is 0 Å². The number of hydrogen-bond acceptors (Lipinski definition) is 4. The minimum Gasteiger partial charge on any atom is -0.324 e. The molecule has 8 nitrogen and oxygen atoms in total. The highest BCUT2D eigenvalue weighted by Crippen LogP contribution is 2.41. The Hall–Kier alpha value is -10.6. The Morgan fingerprint density at radius 3 is 0.904 bits per heavy atom. The van der Waals surface area contributed by atoms with Crippen LogP contribution in [0.2, 0.25) is 0 Å². The van der Waals surface area contributed by atoms with Crippen LogP contribution in [0.5, 0.6) is 0 Å². The molecular formula is C106H120N4O4+4. The van der Waals surface area contributed by atoms with Crippen molar-refractivity contribution >= 4 is 142 Å². The first-order chi connectivity index (χ1) is 54.1. The van der Waals surface area contributed by atoms with Crippen molar-refractivity contribution in [3.05, 3.63) is 285 Å². The monoisotopic (exact) mass is 1510 g/mol. The summed E-state index contributed by atoms with van der Waals surface area (Å²) in [5.41, 5.74) is 13.5. The molecule has 0 amide bonds. The number of hydrogen-bond donors (Lipinski definition) is 0. The lowest BCUT2D eigenvalue weighted by atomic mass is 9.91. The first-order valence-electron chi connectivity index (χ1n) is 40.9. The number of fused-ring (bicyclic) bond motifs is 2. The first-order valence-corrected chi connectivity index (χ1v) is 40.9. The fourth-order valence-electron chi connectivity index (χ4n) is 16.7. The van der Waals surface area contributed by atoms with Crippen LogP contribution in [0.15, 0.2) is 263 Å². The van der Waals surface area contributed by atoms with E-state index in [9.17, 15) is 19.2 Å². The second-order valence-corrected chi connectivity index (χ2v) is 36.1. The third-order valence-electron chi connectivity index (χ3n) is 24.5. The number of allylic oxidation sites excluding steroid dienone is 8. The van der Waals surface area contributed by atoms with Crippen molar-refractivity contribution < 1.29 is 37.1 Å². The zero-order chi connectivity index (χ0) is 81.9. The Labute approximate surface area is 677 Å². The molecule has 0 heterocycles. The maximum Gasteiger partial charge on any atom is 0.164 e. The number of nitrogens with zero attached hydrogens (tertiary/aromatic N) is 4. The maximum atomic E-state index is 12.5. The van der Waals surface area contributed by atoms with Gasteiger partial charge in [-0.05, 0) is 248 Å². The van der Waals surface area contributed by atoms with Gasteiger partial charge in [0.05, 0.1) is 108 Å². The van der Waals surface area contributed by atoms with E-state index in [1.807, 2.05) is 83.1 Å². The SMILES string of the molecule is CC(C)=C(C)C(=O)CC[N+](C)(C)Cc1c2ccccc2cc2ccccc12.CC(C)=C(C)C(=O)CC[N+](C)(C)Cc1cc2ccc3cccc4ccc(c1)c2c34.CC(C)=C(C)C(=O)CC[N+](C)(C)Cc1cc2cccc3ccc4cccc1c4c32.CC(C)=C(C)C(=O)CC[N+](C)(C)Cc1ccc2ccc3cccc4ccc1c2c34. The number of carbonyl (C=O) groups is 4. The molecule has 0 fully saturated rings. The third-order valence-corrected chi connectivity index (χ3v) is 24.5. The summed E-state index contributed by atoms with van der Waals surface area (Å²) in [6.45, 7) is 30.8. The van der Waals surface area contributed by atoms with Crippen molar-refractivity contribution in [2.24, 2.45) is 0 Å². The smallest absolute Gasteiger partial charge is 0.164 e. The van der Waals surface area contributed by atoms with E-state index in [1.54, 1.807) is 0 Å². The second-order valence-electron chi connectivity index (χ2n) is 36.1. The van der Waals surface area contributed by atoms with Gasteiger partial charge in [-0.1, -0.05) is 216 Å². The number of ketones is 4. The normalized spacial score (nSPS) is 12.1. The van der Waals surface area contributed by atoms with Gasteiger partial charge in [0.2, 0.25) is 0 Å². The van der Waals surface area contributed by atoms with Gasteiger partial charge in [0, 0.05) is 22.3 Å². The van der Waals surface area contributed by atoms with Crippen molar-refractivity contribution in [3.8, 4) is 0 Å². The zero-order valence-electron chi connectivity index (χ0n) is 71.7. The molecule has 0 unspecified atom stereocenters. The number of quaternary nitrogens is 4. The Balaban J connectivity index is 0.000000141. The molecule has 0 saturated heterocycles. The van der Waals surface area contributed by atoms with Gasteiger partial charge < -0.3 is 17.9 Å². The average molecular weight is 1510 g/mol. The highest BCUT2D eigenvalue weighted by molar-refractivity contribution is 6.26. The lowest BCUT2D eigenvalue weighted by Crippen LogP contribution is -2.40. The molecule has 15 rings (SSSR count). The summed E-state index contributed by atoms with van der Waals surface area (Å²) in [5, 5.41) is 29.1. The van der Waals surface area contributed by atoms with Crippen LogP contribution in [0.25, 0.3) is 118 Å². The van der Waals surface area contributed by atoms with Crippen LogP contribution < -0.4 is 0 Å². The standard InChI is InChI=1S/3C27H30NO.C25H30NO/c1-18(2)19(3)25(29)14-15-28(4,5)17-23-16-22-10-6-8-20-12-13-21-9-7-11-24(23)27(21)26(20)22;1-18(2)19(3)25(29)13-14-28(4,5)17-20-15-23-11-9-21-7-6-8-22-10-12-24(16-20)27(23)26(21)22;1-18(2)19(3)25(29)15-16-28(4,5)17-23-12-11-22-10-9-20-7-6-8-21-13-14-24(23)27(22)26(20)21;1-18(2)19(3)25(27)14-15-26(4,5)17-24-22-12-8-6-10-20(22)16-21-11-7-9-13-23(21)24/h6-13,16H,14-15,17H2,1-5H3;6-12,15-16H,13-14,17H2,1-5H3;6-14H,15-17H2,1-5H3;6-13,16H,14-15,17H2,1-5H3/q4*+1. The van der Waals surface area contributed by atoms with E-state index in [1.165, 1.54) is 141 Å². The molecule has 8 heteroatoms. The topological polar surface area (TPSA) is 68.3 Å². The summed E-state index contributed by atoms with van der Waals surface area (Å²) >= 11 is 0. The zero-order valence-corrected chi connectivity index (χ0v) is 71.7. The summed E-state index contributed by atoms with van der Waals surface area (Å²) in [6.07, 6.45) is 2.37. The van der Waals surface area contributed by atoms with Gasteiger partial charge in [-0.3, -0.25) is 19.2 Å². The fraction of sp³-hybridized carbons (Fsp3) is 0.302. The van der Waals surface area contributed by atoms with E-state index in [0.717, 1.165) is 115 Å². The highest BCUT2D eigenvalue weighted by atomic mass is 16.1. The van der Waals surface area contributed by atoms with Crippen LogP contribution in [0.1, 0.15) is 131 Å². The van der Waals surface area contributed by atoms with Crippen LogP contribution in [-0.2, 0) is 45.4 Å². The van der Waals surface area contributed by atoms with E-state index >= 15 is 0 Å². The lowest BCUT2D eigenvalue weighted by molar-refractivity contribution is -0.903. The Morgan fingerprint density at radius 2 is 0.491 bits per heavy atom. The van der Waals surface area contributed by atoms with E-state index in [2.05, 4.69) is 275 Å². The minimum atomic E-state index is 0.268. The molecule has 0 aliphatic carbocycles. The summed E-state index contributed by atoms with van der Waals surface area (Å²) in [4.78, 5) is 49.8. The molecule has 0 aliphatic heterocycles. The van der Waals surface area contributed by atoms with Crippen LogP contribution in [-0.4, -0.2) is 124 Å². The van der Waals surface area contributed by atoms with Gasteiger partial charge in [-0.15, -0.1) is 0 Å². The van der Waals surface area contributed by atoms with Gasteiger partial charge >= 0.3 is 0 Å². The molecule has 15 aromatic rings. The fourth-order valence-corrected chi connectivity index (χ4v) is 16.7. The van der Waals surface area contributed by atoms with Gasteiger partial charge in [-0.25, -0.2) is 0 Å². The third kappa shape index (κ3) is 18.8. The van der Waals surface area contributed by atoms with Crippen LogP contribution in [0.3, 0.4) is 0 Å². The van der Waals surface area contributed by atoms with Crippen LogP contribution in [0.4, 0.5) is 0 Å². The van der Waals surface area contributed by atoms with Gasteiger partial charge in [0.25, 0.3) is 0 Å². The van der Waals surface area contributed by atoms with Gasteiger partial charge in [-0.2, -0.15) is 0 Å². The lowest BCUT2D eigenvalue weighted by Gasteiger charge is -2.31. The Bertz CT molecular complexity index is 6080. The van der Waals surface area contributed by atoms with Gasteiger partial charge in [0.1, 0.15) is 26.2 Å². The van der Waals surface area contributed by atoms with Crippen molar-refractivity contribution in [3.63, 3.8) is 0 Å². The molecular weight excluding hydrogens is 1390 g/mol. The van der Waals surface area contributed by atoms with Gasteiger partial charge in [0.15, 0.2) is 23.1 Å². The molecule has 584 valence electrons. The van der Waals surface area contributed by atoms with E-state index in [4.69, 9.17) is 0 Å². The molecule has 0 aromatic heterocycles. The number of benzene rings is 15. The van der Waals surface area contributed by atoms with Crippen molar-refractivity contribution in [2.75, 3.05) is 82.6 Å². The van der Waals surface area contributed by atoms with E-state index in [-0.39, 0.29) is 23.1 Å². The molecule has 15 aromatic carbocycles. The summed E-state index contributed by atoms with van der Waals surface area (Å²) in [5.74, 6) is 1.08. The highest BCUT2D eigenvalue weighted by Gasteiger charge is 2.27. The molecule has 0 atom stereocenters. The van der Waals surface area contributed by atoms with Crippen molar-refractivity contribution in [1.29, 1.82) is 0 Å². The molecule has 0 bridgehead atoms. The second kappa shape index (κ2) is 34.2. The first kappa shape index (κ1) is 82.9. The van der Waals surface area contributed by atoms with Crippen LogP contribution >= 0.6 is 0 Å². The minimum absolute atomic E-state index is 0.268. The quantitative estimate of drug-likeness (QED) is 0.0262. The number of carbonyl (C=O) groups excluding carboxylic acids is 4. The molecule has 0 spiro atoms.